The van der Waals surface area contributed by atoms with E-state index >= 15 is 0 Å². The summed E-state index contributed by atoms with van der Waals surface area (Å²) in [5.41, 5.74) is 14.9. The van der Waals surface area contributed by atoms with Crippen molar-refractivity contribution in [2.24, 2.45) is 0 Å². The van der Waals surface area contributed by atoms with Crippen molar-refractivity contribution < 1.29 is 0 Å². The molecule has 0 bridgehead atoms. The van der Waals surface area contributed by atoms with Crippen LogP contribution in [0.4, 0.5) is 0 Å². The molecule has 11 rings (SSSR count). The Balaban J connectivity index is 1.12. The molecule has 0 radical (unpaired) electrons. The molecule has 236 valence electrons. The van der Waals surface area contributed by atoms with Crippen LogP contribution in [0.25, 0.3) is 105 Å². The fraction of sp³-hybridized carbons (Fsp3) is 0. The van der Waals surface area contributed by atoms with Gasteiger partial charge >= 0.3 is 0 Å². The topological polar surface area (TPSA) is 30.7 Å². The van der Waals surface area contributed by atoms with Crippen LogP contribution in [0.3, 0.4) is 0 Å². The second-order valence-corrected chi connectivity index (χ2v) is 13.3. The standard InChI is InChI=1S/C48H29N3/c1-2-12-30(13-3-1)34-28-29-40(46-39-20-11-15-31-14-10-19-38(44(31)39)45(34)46)48-49-41-21-7-4-18-37(41)47(50-48)32-24-26-33(27-25-32)51-42-22-8-5-16-35(42)36-17-6-9-23-43(36)51/h1-29H. The van der Waals surface area contributed by atoms with E-state index in [-0.39, 0.29) is 0 Å². The molecule has 0 atom stereocenters. The third-order valence-electron chi connectivity index (χ3n) is 10.6. The number of para-hydroxylation sites is 3. The predicted molar refractivity (Wildman–Crippen MR) is 212 cm³/mol. The van der Waals surface area contributed by atoms with Crippen LogP contribution >= 0.6 is 0 Å². The highest BCUT2D eigenvalue weighted by molar-refractivity contribution is 6.21. The van der Waals surface area contributed by atoms with Crippen molar-refractivity contribution in [2.75, 3.05) is 0 Å². The van der Waals surface area contributed by atoms with E-state index in [1.54, 1.807) is 0 Å². The van der Waals surface area contributed by atoms with Crippen molar-refractivity contribution in [3.8, 4) is 61.7 Å². The molecule has 0 saturated heterocycles. The molecule has 3 nitrogen and oxygen atoms in total. The minimum absolute atomic E-state index is 0.732. The molecule has 0 unspecified atom stereocenters. The third kappa shape index (κ3) is 4.12. The van der Waals surface area contributed by atoms with Crippen LogP contribution in [-0.4, -0.2) is 14.5 Å². The quantitative estimate of drug-likeness (QED) is 0.190. The smallest absolute Gasteiger partial charge is 0.161 e. The predicted octanol–water partition coefficient (Wildman–Crippen LogP) is 12.5. The van der Waals surface area contributed by atoms with Crippen LogP contribution in [0.1, 0.15) is 0 Å². The molecule has 0 spiro atoms. The van der Waals surface area contributed by atoms with Crippen molar-refractivity contribution in [3.63, 3.8) is 0 Å². The number of hydrogen-bond donors (Lipinski definition) is 0. The van der Waals surface area contributed by atoms with E-state index in [9.17, 15) is 0 Å². The normalized spacial score (nSPS) is 11.9. The van der Waals surface area contributed by atoms with Gasteiger partial charge in [0.25, 0.3) is 0 Å². The van der Waals surface area contributed by atoms with Gasteiger partial charge in [-0.15, -0.1) is 0 Å². The van der Waals surface area contributed by atoms with Gasteiger partial charge in [0.15, 0.2) is 5.82 Å². The summed E-state index contributed by atoms with van der Waals surface area (Å²) < 4.78 is 2.35. The zero-order chi connectivity index (χ0) is 33.5. The molecule has 0 aliphatic heterocycles. The Bertz CT molecular complexity index is 2950. The minimum Gasteiger partial charge on any atom is -0.309 e. The van der Waals surface area contributed by atoms with Crippen molar-refractivity contribution in [2.45, 2.75) is 0 Å². The highest BCUT2D eigenvalue weighted by Crippen LogP contribution is 2.54. The second kappa shape index (κ2) is 10.8. The number of nitrogens with zero attached hydrogens (tertiary/aromatic N) is 3. The van der Waals surface area contributed by atoms with Crippen LogP contribution in [-0.2, 0) is 0 Å². The maximum atomic E-state index is 5.42. The molecule has 0 fully saturated rings. The van der Waals surface area contributed by atoms with Crippen LogP contribution in [0.15, 0.2) is 176 Å². The maximum Gasteiger partial charge on any atom is 0.161 e. The molecule has 1 aliphatic rings. The first-order valence-electron chi connectivity index (χ1n) is 17.4. The molecule has 2 aromatic heterocycles. The van der Waals surface area contributed by atoms with Gasteiger partial charge in [0, 0.05) is 38.5 Å². The highest BCUT2D eigenvalue weighted by atomic mass is 15.0. The Hall–Kier alpha value is -6.84. The Morgan fingerprint density at radius 2 is 0.961 bits per heavy atom. The molecule has 0 saturated carbocycles. The summed E-state index contributed by atoms with van der Waals surface area (Å²) in [5.74, 6) is 0.732. The summed E-state index contributed by atoms with van der Waals surface area (Å²) >= 11 is 0. The molecule has 51 heavy (non-hydrogen) atoms. The van der Waals surface area contributed by atoms with Gasteiger partial charge in [0.05, 0.1) is 22.2 Å². The molecular weight excluding hydrogens is 619 g/mol. The van der Waals surface area contributed by atoms with Crippen LogP contribution in [0.5, 0.6) is 0 Å². The van der Waals surface area contributed by atoms with Gasteiger partial charge < -0.3 is 4.57 Å². The van der Waals surface area contributed by atoms with Crippen LogP contribution < -0.4 is 0 Å². The maximum absolute atomic E-state index is 5.42. The number of aromatic nitrogens is 3. The summed E-state index contributed by atoms with van der Waals surface area (Å²) in [6.07, 6.45) is 0. The monoisotopic (exact) mass is 647 g/mol. The van der Waals surface area contributed by atoms with Crippen molar-refractivity contribution in [1.29, 1.82) is 0 Å². The lowest BCUT2D eigenvalue weighted by atomic mass is 9.90. The lowest BCUT2D eigenvalue weighted by Gasteiger charge is -2.16. The van der Waals surface area contributed by atoms with Gasteiger partial charge in [-0.05, 0) is 75.0 Å². The summed E-state index contributed by atoms with van der Waals surface area (Å²) in [6.45, 7) is 0. The molecular formula is C48H29N3. The van der Waals surface area contributed by atoms with E-state index in [1.165, 1.54) is 66.0 Å². The van der Waals surface area contributed by atoms with Crippen LogP contribution in [0, 0.1) is 0 Å². The fourth-order valence-corrected chi connectivity index (χ4v) is 8.35. The van der Waals surface area contributed by atoms with Crippen molar-refractivity contribution in [3.05, 3.63) is 176 Å². The van der Waals surface area contributed by atoms with Crippen LogP contribution in [0.2, 0.25) is 0 Å². The fourth-order valence-electron chi connectivity index (χ4n) is 8.35. The molecule has 0 amide bonds. The van der Waals surface area contributed by atoms with E-state index < -0.39 is 0 Å². The molecule has 0 N–H and O–H groups in total. The van der Waals surface area contributed by atoms with Gasteiger partial charge in [-0.25, -0.2) is 9.97 Å². The Morgan fingerprint density at radius 1 is 0.373 bits per heavy atom. The average Bonchev–Trinajstić information content (AvgIpc) is 3.72. The summed E-state index contributed by atoms with van der Waals surface area (Å²) in [4.78, 5) is 10.7. The third-order valence-corrected chi connectivity index (χ3v) is 10.6. The second-order valence-electron chi connectivity index (χ2n) is 13.3. The lowest BCUT2D eigenvalue weighted by molar-refractivity contribution is 1.18. The summed E-state index contributed by atoms with van der Waals surface area (Å²) in [5, 5.41) is 6.09. The number of benzene rings is 8. The Morgan fingerprint density at radius 3 is 1.67 bits per heavy atom. The molecule has 1 aliphatic carbocycles. The van der Waals surface area contributed by atoms with Gasteiger partial charge in [-0.3, -0.25) is 0 Å². The minimum atomic E-state index is 0.732. The summed E-state index contributed by atoms with van der Waals surface area (Å²) in [6, 6.07) is 63.0. The van der Waals surface area contributed by atoms with Crippen molar-refractivity contribution >= 4 is 43.5 Å². The van der Waals surface area contributed by atoms with Gasteiger partial charge in [0.2, 0.25) is 0 Å². The van der Waals surface area contributed by atoms with E-state index in [1.807, 2.05) is 0 Å². The molecule has 10 aromatic rings. The number of hydrogen-bond acceptors (Lipinski definition) is 2. The van der Waals surface area contributed by atoms with Gasteiger partial charge in [0.1, 0.15) is 0 Å². The zero-order valence-electron chi connectivity index (χ0n) is 27.6. The number of fused-ring (bicyclic) bond motifs is 7. The highest BCUT2D eigenvalue weighted by Gasteiger charge is 2.28. The first kappa shape index (κ1) is 28.0. The molecule has 3 heteroatoms. The Labute approximate surface area is 294 Å². The first-order chi connectivity index (χ1) is 25.3. The van der Waals surface area contributed by atoms with E-state index in [0.717, 1.165) is 39.2 Å². The van der Waals surface area contributed by atoms with E-state index in [2.05, 4.69) is 180 Å². The SMILES string of the molecule is c1ccc(-c2ccc(-c3nc(-c4ccc(-n5c6ccccc6c6ccccc65)cc4)c4ccccc4n3)c3c2-c2cccc4cccc-3c24)cc1. The number of rotatable bonds is 4. The first-order valence-corrected chi connectivity index (χ1v) is 17.4. The van der Waals surface area contributed by atoms with Gasteiger partial charge in [-0.1, -0.05) is 140 Å². The molecule has 8 aromatic carbocycles. The Kier molecular flexibility index (Phi) is 5.96. The zero-order valence-corrected chi connectivity index (χ0v) is 27.6. The summed E-state index contributed by atoms with van der Waals surface area (Å²) in [7, 11) is 0. The van der Waals surface area contributed by atoms with Crippen molar-refractivity contribution in [1.82, 2.24) is 14.5 Å². The average molecular weight is 648 g/mol. The van der Waals surface area contributed by atoms with E-state index in [0.29, 0.717) is 0 Å². The molecule has 2 heterocycles. The van der Waals surface area contributed by atoms with E-state index in [4.69, 9.17) is 9.97 Å². The largest absolute Gasteiger partial charge is 0.309 e. The van der Waals surface area contributed by atoms with Gasteiger partial charge in [-0.2, -0.15) is 0 Å². The lowest BCUT2D eigenvalue weighted by Crippen LogP contribution is -1.98.